The van der Waals surface area contributed by atoms with Gasteiger partial charge in [-0.25, -0.2) is 9.61 Å². The van der Waals surface area contributed by atoms with Gasteiger partial charge in [-0.15, -0.1) is 0 Å². The smallest absolute Gasteiger partial charge is 0.481 e. The van der Waals surface area contributed by atoms with Crippen LogP contribution in [-0.2, 0) is 19.4 Å². The summed E-state index contributed by atoms with van der Waals surface area (Å²) in [4.78, 5) is 16.5. The SMILES string of the molecule is CC(=O)O.OB1OOO1. The molecule has 0 aromatic rings. The van der Waals surface area contributed by atoms with Crippen LogP contribution in [-0.4, -0.2) is 23.4 Å². The van der Waals surface area contributed by atoms with E-state index in [1.165, 1.54) is 0 Å². The first-order valence-electron chi connectivity index (χ1n) is 1.99. The number of carboxylic acids is 1. The maximum atomic E-state index is 9.00. The lowest BCUT2D eigenvalue weighted by atomic mass is 10.3. The van der Waals surface area contributed by atoms with E-state index in [1.54, 1.807) is 0 Å². The molecule has 9 heavy (non-hydrogen) atoms. The van der Waals surface area contributed by atoms with Gasteiger partial charge >= 0.3 is 7.32 Å². The fraction of sp³-hybridized carbons (Fsp3) is 0.500. The van der Waals surface area contributed by atoms with Crippen molar-refractivity contribution in [2.24, 2.45) is 0 Å². The van der Waals surface area contributed by atoms with E-state index in [-0.39, 0.29) is 0 Å². The molecule has 0 amide bonds. The molecule has 1 aliphatic heterocycles. The van der Waals surface area contributed by atoms with Crippen LogP contribution in [0.4, 0.5) is 0 Å². The Morgan fingerprint density at radius 1 is 1.56 bits per heavy atom. The number of hydrogen-bond acceptors (Lipinski definition) is 5. The van der Waals surface area contributed by atoms with E-state index in [0.29, 0.717) is 0 Å². The van der Waals surface area contributed by atoms with Gasteiger partial charge in [0.1, 0.15) is 0 Å². The van der Waals surface area contributed by atoms with Crippen molar-refractivity contribution in [1.82, 2.24) is 0 Å². The average molecular weight is 136 g/mol. The Morgan fingerprint density at radius 2 is 1.78 bits per heavy atom. The first-order chi connectivity index (χ1) is 4.13. The van der Waals surface area contributed by atoms with Crippen molar-refractivity contribution in [3.05, 3.63) is 0 Å². The summed E-state index contributed by atoms with van der Waals surface area (Å²) in [7, 11) is -1.16. The van der Waals surface area contributed by atoms with Crippen LogP contribution in [0.3, 0.4) is 0 Å². The van der Waals surface area contributed by atoms with Crippen molar-refractivity contribution in [3.63, 3.8) is 0 Å². The lowest BCUT2D eigenvalue weighted by molar-refractivity contribution is -0.521. The molecule has 0 unspecified atom stereocenters. The minimum Gasteiger partial charge on any atom is -0.481 e. The predicted molar refractivity (Wildman–Crippen MR) is 24.5 cm³/mol. The van der Waals surface area contributed by atoms with E-state index < -0.39 is 13.3 Å². The highest BCUT2D eigenvalue weighted by atomic mass is 17.6. The third-order valence-electron chi connectivity index (χ3n) is 0.243. The number of hydrogen-bond donors (Lipinski definition) is 2. The lowest BCUT2D eigenvalue weighted by Crippen LogP contribution is -2.33. The first-order valence-corrected chi connectivity index (χ1v) is 1.99. The van der Waals surface area contributed by atoms with Crippen LogP contribution in [0.5, 0.6) is 0 Å². The van der Waals surface area contributed by atoms with Gasteiger partial charge in [0.2, 0.25) is 0 Å². The zero-order valence-corrected chi connectivity index (χ0v) is 4.60. The molecule has 0 bridgehead atoms. The van der Waals surface area contributed by atoms with Gasteiger partial charge in [0.25, 0.3) is 5.97 Å². The second-order valence-electron chi connectivity index (χ2n) is 1.09. The van der Waals surface area contributed by atoms with Crippen LogP contribution < -0.4 is 0 Å². The molecule has 0 radical (unpaired) electrons. The van der Waals surface area contributed by atoms with Gasteiger partial charge < -0.3 is 10.1 Å². The molecule has 1 aliphatic rings. The molecule has 0 aromatic heterocycles. The van der Waals surface area contributed by atoms with Crippen molar-refractivity contribution in [2.75, 3.05) is 0 Å². The normalized spacial score (nSPS) is 15.1. The van der Waals surface area contributed by atoms with Crippen LogP contribution >= 0.6 is 0 Å². The van der Waals surface area contributed by atoms with E-state index >= 15 is 0 Å². The average Bonchev–Trinajstić information content (AvgIpc) is 1.59. The molecule has 0 aromatic carbocycles. The highest BCUT2D eigenvalue weighted by Gasteiger charge is 2.29. The molecule has 1 rings (SSSR count). The Hall–Kier alpha value is -0.625. The predicted octanol–water partition coefficient (Wildman–Crippen LogP) is -1.05. The standard InChI is InChI=1S/C2H4O2.BHO4/c1-2(3)4;2-1-3-5-4-1/h1H3,(H,3,4);2H. The molecule has 0 atom stereocenters. The molecule has 2 N–H and O–H groups in total. The van der Waals surface area contributed by atoms with Crippen LogP contribution in [0.1, 0.15) is 6.92 Å². The molecule has 0 aliphatic carbocycles. The summed E-state index contributed by atoms with van der Waals surface area (Å²) < 4.78 is 0. The number of carboxylic acid groups (broad SMARTS) is 1. The molecule has 0 saturated carbocycles. The first kappa shape index (κ1) is 8.37. The zero-order chi connectivity index (χ0) is 7.28. The highest BCUT2D eigenvalue weighted by Crippen LogP contribution is 1.97. The Morgan fingerprint density at radius 3 is 1.78 bits per heavy atom. The summed E-state index contributed by atoms with van der Waals surface area (Å²) in [6, 6.07) is 0. The second-order valence-corrected chi connectivity index (χ2v) is 1.09. The largest absolute Gasteiger partial charge is 0.698 e. The highest BCUT2D eigenvalue weighted by molar-refractivity contribution is 6.35. The van der Waals surface area contributed by atoms with Crippen molar-refractivity contribution >= 4 is 13.3 Å². The number of rotatable bonds is 0. The lowest BCUT2D eigenvalue weighted by Gasteiger charge is -2.10. The maximum absolute atomic E-state index is 9.00. The Bertz CT molecular complexity index is 85.1. The van der Waals surface area contributed by atoms with E-state index in [2.05, 4.69) is 14.6 Å². The molecule has 52 valence electrons. The van der Waals surface area contributed by atoms with Crippen molar-refractivity contribution in [1.29, 1.82) is 0 Å². The quantitative estimate of drug-likeness (QED) is 0.326. The third-order valence-corrected chi connectivity index (χ3v) is 0.243. The van der Waals surface area contributed by atoms with Gasteiger partial charge in [-0.1, -0.05) is 5.04 Å². The minimum absolute atomic E-state index is 0.833. The number of carbonyl (C=O) groups is 1. The molecule has 7 heteroatoms. The van der Waals surface area contributed by atoms with Gasteiger partial charge in [0, 0.05) is 6.92 Å². The second kappa shape index (κ2) is 4.27. The summed E-state index contributed by atoms with van der Waals surface area (Å²) in [5.41, 5.74) is 0. The molecule has 1 saturated heterocycles. The van der Waals surface area contributed by atoms with Crippen molar-refractivity contribution < 1.29 is 29.6 Å². The van der Waals surface area contributed by atoms with Gasteiger partial charge in [-0.2, -0.15) is 0 Å². The summed E-state index contributed by atoms with van der Waals surface area (Å²) in [5.74, 6) is -0.833. The van der Waals surface area contributed by atoms with Crippen molar-refractivity contribution in [3.8, 4) is 0 Å². The summed E-state index contributed by atoms with van der Waals surface area (Å²) >= 11 is 0. The molecule has 0 spiro atoms. The van der Waals surface area contributed by atoms with Crippen LogP contribution in [0, 0.1) is 0 Å². The summed E-state index contributed by atoms with van der Waals surface area (Å²) in [5, 5.41) is 18.9. The summed E-state index contributed by atoms with van der Waals surface area (Å²) in [6.45, 7) is 1.08. The fourth-order valence-electron chi connectivity index (χ4n) is 0.0744. The van der Waals surface area contributed by atoms with E-state index in [9.17, 15) is 0 Å². The van der Waals surface area contributed by atoms with Gasteiger partial charge in [0.05, 0.1) is 0 Å². The zero-order valence-electron chi connectivity index (χ0n) is 4.60. The minimum atomic E-state index is -1.16. The van der Waals surface area contributed by atoms with Crippen LogP contribution in [0.25, 0.3) is 0 Å². The Balaban J connectivity index is 0.000000148. The van der Waals surface area contributed by atoms with Gasteiger partial charge in [-0.05, 0) is 0 Å². The molecular formula is C2H5BO6. The van der Waals surface area contributed by atoms with Gasteiger partial charge in [0.15, 0.2) is 0 Å². The fourth-order valence-corrected chi connectivity index (χ4v) is 0.0744. The number of aliphatic carboxylic acids is 1. The third kappa shape index (κ3) is 7.37. The van der Waals surface area contributed by atoms with E-state index in [1.807, 2.05) is 0 Å². The Kier molecular flexibility index (Phi) is 3.98. The maximum Gasteiger partial charge on any atom is 0.698 e. The molecule has 1 heterocycles. The monoisotopic (exact) mass is 136 g/mol. The topological polar surface area (TPSA) is 85.2 Å². The van der Waals surface area contributed by atoms with E-state index in [4.69, 9.17) is 14.9 Å². The molecular weight excluding hydrogens is 131 g/mol. The van der Waals surface area contributed by atoms with Crippen LogP contribution in [0.2, 0.25) is 0 Å². The van der Waals surface area contributed by atoms with Gasteiger partial charge in [-0.3, -0.25) is 4.79 Å². The summed E-state index contributed by atoms with van der Waals surface area (Å²) in [6.07, 6.45) is 0. The van der Waals surface area contributed by atoms with E-state index in [0.717, 1.165) is 6.92 Å². The molecule has 6 nitrogen and oxygen atoms in total. The molecule has 1 fully saturated rings. The van der Waals surface area contributed by atoms with Crippen LogP contribution in [0.15, 0.2) is 0 Å². The van der Waals surface area contributed by atoms with Crippen molar-refractivity contribution in [2.45, 2.75) is 6.92 Å². The Labute approximate surface area is 51.0 Å².